The monoisotopic (exact) mass is 1660 g/mol. The zero-order chi connectivity index (χ0) is 85.9. The van der Waals surface area contributed by atoms with E-state index in [1.165, 1.54) is 266 Å². The van der Waals surface area contributed by atoms with Gasteiger partial charge in [0.1, 0.15) is 5.82 Å². The second kappa shape index (κ2) is 47.5. The molecular weight excluding hydrogens is 1510 g/mol. The first-order valence-corrected chi connectivity index (χ1v) is 48.4. The summed E-state index contributed by atoms with van der Waals surface area (Å²) < 4.78 is 95.1. The third kappa shape index (κ3) is 26.7. The Kier molecular flexibility index (Phi) is 36.4. The summed E-state index contributed by atoms with van der Waals surface area (Å²) in [5.74, 6) is 6.12. The lowest BCUT2D eigenvalue weighted by atomic mass is 9.68. The maximum Gasteiger partial charge on any atom is 0.194 e. The van der Waals surface area contributed by atoms with Crippen LogP contribution in [0.1, 0.15) is 309 Å². The van der Waals surface area contributed by atoms with Crippen molar-refractivity contribution in [1.29, 1.82) is 0 Å². The van der Waals surface area contributed by atoms with Crippen LogP contribution in [0.15, 0.2) is 214 Å². The molecule has 122 heavy (non-hydrogen) atoms. The van der Waals surface area contributed by atoms with Gasteiger partial charge in [-0.3, -0.25) is 0 Å². The first-order valence-electron chi connectivity index (χ1n) is 48.4. The standard InChI is InChI=1S/C27H20F4.C27H33F3.C23H34.C21H30.C17H28/c1-2-3-17-4-6-18(7-5-17)19-8-10-20(11-9-19)21-12-13-23(24(28)14-21)22-15-25(29)27(31)26(30)16-22;1-2-3-18-4-6-19(7-5-18)20-8-10-21(11-9-20)22-12-14-23(15-13-22)24-16-25(28)27(30)26(29)17-24;1-3-4-5-19-8-12-21(13-9-19)23-16-14-22(15-17-23)20-10-6-18(2)7-11-20;1-3-17-6-10-19(11-7-17)21-14-12-20(13-15-21)18-8-4-16(2)5-9-18;1-3-5-15-8-12-17(13-9-15)16-10-6-14(4-2)7-11-16/h4-16H,2-3H2,1H3;12-21H,2-11H2,1H3;3,6-7,10-11,19,21-23H,1,4-5,8-9,12-17H2,2H3;3-5,8-9,17,19-21H,1,6-7,10-15H2,2H3;3-5,14-17H,2,6-13H2,1H3/b;;;;5-3+. The zero-order valence-corrected chi connectivity index (χ0v) is 74.8. The van der Waals surface area contributed by atoms with E-state index in [0.29, 0.717) is 22.6 Å². The van der Waals surface area contributed by atoms with E-state index in [9.17, 15) is 30.7 Å². The normalized spacial score (nSPS) is 26.7. The molecule has 0 heterocycles. The van der Waals surface area contributed by atoms with Crippen molar-refractivity contribution in [2.24, 2.45) is 76.9 Å². The lowest BCUT2D eigenvalue weighted by Crippen LogP contribution is -2.25. The van der Waals surface area contributed by atoms with Gasteiger partial charge in [0.05, 0.1) is 0 Å². The van der Waals surface area contributed by atoms with Crippen molar-refractivity contribution in [2.45, 2.75) is 296 Å². The quantitative estimate of drug-likeness (QED) is 0.0382. The summed E-state index contributed by atoms with van der Waals surface area (Å²) in [7, 11) is 0. The summed E-state index contributed by atoms with van der Waals surface area (Å²) in [6, 6.07) is 50.9. The maximum absolute atomic E-state index is 14.7. The molecule has 0 atom stereocenters. The molecule has 0 aromatic heterocycles. The fourth-order valence-corrected chi connectivity index (χ4v) is 23.2. The Balaban J connectivity index is 0.000000142. The lowest BCUT2D eigenvalue weighted by Gasteiger charge is -2.38. The van der Waals surface area contributed by atoms with Crippen molar-refractivity contribution in [3.8, 4) is 44.5 Å². The zero-order valence-electron chi connectivity index (χ0n) is 74.8. The first kappa shape index (κ1) is 93.4. The molecule has 16 rings (SSSR count). The van der Waals surface area contributed by atoms with E-state index < -0.39 is 40.7 Å². The molecule has 0 radical (unpaired) electrons. The number of hydrogen-bond acceptors (Lipinski definition) is 0. The molecule has 7 heteroatoms. The highest BCUT2D eigenvalue weighted by atomic mass is 19.2. The Morgan fingerprint density at radius 1 is 0.295 bits per heavy atom. The van der Waals surface area contributed by atoms with E-state index in [1.54, 1.807) is 17.2 Å². The second-order valence-corrected chi connectivity index (χ2v) is 38.7. The average Bonchev–Trinajstić information content (AvgIpc) is 0.798. The number of allylic oxidation sites excluding steroid dienone is 5. The second-order valence-electron chi connectivity index (χ2n) is 38.7. The summed E-state index contributed by atoms with van der Waals surface area (Å²) in [5, 5.41) is 0. The van der Waals surface area contributed by atoms with Gasteiger partial charge in [-0.1, -0.05) is 234 Å². The van der Waals surface area contributed by atoms with Crippen molar-refractivity contribution in [3.05, 3.63) is 288 Å². The molecule has 0 bridgehead atoms. The van der Waals surface area contributed by atoms with Gasteiger partial charge in [-0.15, -0.1) is 19.7 Å². The van der Waals surface area contributed by atoms with Crippen molar-refractivity contribution in [3.63, 3.8) is 0 Å². The molecular formula is C115H145F7. The van der Waals surface area contributed by atoms with E-state index >= 15 is 0 Å². The third-order valence-corrected chi connectivity index (χ3v) is 30.9. The average molecular weight is 1660 g/mol. The molecule has 654 valence electrons. The minimum absolute atomic E-state index is 0.00494. The van der Waals surface area contributed by atoms with Gasteiger partial charge >= 0.3 is 0 Å². The number of aryl methyl sites for hydroxylation is 3. The van der Waals surface area contributed by atoms with Crippen molar-refractivity contribution >= 4 is 0 Å². The van der Waals surface area contributed by atoms with E-state index in [1.807, 2.05) is 36.4 Å². The van der Waals surface area contributed by atoms with Crippen LogP contribution in [0.4, 0.5) is 30.7 Å². The van der Waals surface area contributed by atoms with Gasteiger partial charge in [-0.25, -0.2) is 30.7 Å². The van der Waals surface area contributed by atoms with Crippen molar-refractivity contribution in [1.82, 2.24) is 0 Å². The van der Waals surface area contributed by atoms with Gasteiger partial charge in [0.2, 0.25) is 0 Å². The van der Waals surface area contributed by atoms with Gasteiger partial charge in [0.25, 0.3) is 0 Å². The predicted octanol–water partition coefficient (Wildman–Crippen LogP) is 35.5. The fraction of sp³-hybridized carbons (Fsp3) is 0.513. The largest absolute Gasteiger partial charge is 0.206 e. The van der Waals surface area contributed by atoms with Gasteiger partial charge in [-0.05, 0) is 406 Å². The fourth-order valence-electron chi connectivity index (χ4n) is 23.2. The van der Waals surface area contributed by atoms with Crippen LogP contribution >= 0.6 is 0 Å². The first-order chi connectivity index (χ1) is 59.3. The van der Waals surface area contributed by atoms with Crippen LogP contribution in [0.3, 0.4) is 0 Å². The van der Waals surface area contributed by atoms with Crippen LogP contribution in [-0.2, 0) is 6.42 Å². The van der Waals surface area contributed by atoms with Crippen molar-refractivity contribution in [2.75, 3.05) is 0 Å². The molecule has 8 fully saturated rings. The molecule has 0 N–H and O–H groups in total. The van der Waals surface area contributed by atoms with Crippen LogP contribution in [0, 0.1) is 132 Å². The predicted molar refractivity (Wildman–Crippen MR) is 502 cm³/mol. The van der Waals surface area contributed by atoms with E-state index in [0.717, 1.165) is 143 Å². The number of rotatable bonds is 21. The van der Waals surface area contributed by atoms with E-state index in [2.05, 4.69) is 170 Å². The maximum atomic E-state index is 14.7. The van der Waals surface area contributed by atoms with E-state index in [4.69, 9.17) is 0 Å². The molecule has 8 aliphatic rings. The minimum atomic E-state index is -1.57. The Morgan fingerprint density at radius 3 is 0.934 bits per heavy atom. The summed E-state index contributed by atoms with van der Waals surface area (Å²) in [6.07, 6.45) is 64.3. The van der Waals surface area contributed by atoms with Gasteiger partial charge in [0.15, 0.2) is 34.9 Å². The summed E-state index contributed by atoms with van der Waals surface area (Å²) in [6.45, 7) is 22.8. The lowest BCUT2D eigenvalue weighted by molar-refractivity contribution is 0.156. The molecule has 8 aromatic rings. The molecule has 8 aromatic carbocycles. The number of hydrogen-bond donors (Lipinski definition) is 0. The molecule has 8 aliphatic carbocycles. The Labute approximate surface area is 732 Å². The molecule has 0 saturated heterocycles. The minimum Gasteiger partial charge on any atom is -0.206 e. The third-order valence-electron chi connectivity index (χ3n) is 30.9. The van der Waals surface area contributed by atoms with Gasteiger partial charge in [0, 0.05) is 5.56 Å². The summed E-state index contributed by atoms with van der Waals surface area (Å²) >= 11 is 0. The smallest absolute Gasteiger partial charge is 0.194 e. The van der Waals surface area contributed by atoms with Gasteiger partial charge < -0.3 is 0 Å². The van der Waals surface area contributed by atoms with Crippen LogP contribution in [-0.4, -0.2) is 0 Å². The van der Waals surface area contributed by atoms with Crippen LogP contribution < -0.4 is 0 Å². The molecule has 8 saturated carbocycles. The Bertz CT molecular complexity index is 4420. The highest BCUT2D eigenvalue weighted by molar-refractivity contribution is 5.74. The molecule has 0 unspecified atom stereocenters. The number of benzene rings is 8. The highest BCUT2D eigenvalue weighted by Crippen LogP contribution is 2.49. The number of halogens is 7. The summed E-state index contributed by atoms with van der Waals surface area (Å²) in [5.41, 5.74) is 13.2. The molecule has 0 amide bonds. The van der Waals surface area contributed by atoms with E-state index in [-0.39, 0.29) is 11.1 Å². The highest BCUT2D eigenvalue weighted by Gasteiger charge is 2.36. The van der Waals surface area contributed by atoms with Crippen LogP contribution in [0.2, 0.25) is 0 Å². The Morgan fingerprint density at radius 2 is 0.590 bits per heavy atom. The molecule has 0 aliphatic heterocycles. The SMILES string of the molecule is C=CC1CCC(C2CCC(/C=C/C)CC2)CC1.C=CC1CCC(C2CCC(c3ccc(C)cc3)CC2)CC1.C=CCCC1CCC(C2CCC(c3ccc(C)cc3)CC2)CC1.CCCC1CCC(C2CCC(c3ccc(-c4cc(F)c(F)c(F)c4)cc3)CC2)CC1.CCCc1ccc(-c2ccc(-c3ccc(-c4cc(F)c(F)c(F)c4)c(F)c3)cc2)cc1. The Hall–Kier alpha value is -7.77. The van der Waals surface area contributed by atoms with Crippen molar-refractivity contribution < 1.29 is 30.7 Å². The summed E-state index contributed by atoms with van der Waals surface area (Å²) in [4.78, 5) is 0. The molecule has 0 nitrogen and oxygen atoms in total. The van der Waals surface area contributed by atoms with Gasteiger partial charge in [-0.2, -0.15) is 0 Å². The molecule has 0 spiro atoms. The topological polar surface area (TPSA) is 0 Å². The van der Waals surface area contributed by atoms with Crippen LogP contribution in [0.25, 0.3) is 44.5 Å². The van der Waals surface area contributed by atoms with Crippen LogP contribution in [0.5, 0.6) is 0 Å².